The molecule has 0 unspecified atom stereocenters. The fourth-order valence-electron chi connectivity index (χ4n) is 1.75. The highest BCUT2D eigenvalue weighted by atomic mass is 35.5. The number of hydrogen-bond acceptors (Lipinski definition) is 3. The molecule has 20 heavy (non-hydrogen) atoms. The number of anilines is 1. The third-order valence-electron chi connectivity index (χ3n) is 2.66. The summed E-state index contributed by atoms with van der Waals surface area (Å²) in [6.45, 7) is 0. The van der Waals surface area contributed by atoms with Gasteiger partial charge in [-0.2, -0.15) is 0 Å². The normalized spacial score (nSPS) is 10.7. The summed E-state index contributed by atoms with van der Waals surface area (Å²) in [4.78, 5) is 16.4. The molecule has 3 aromatic rings. The molecule has 3 rings (SSSR count). The van der Waals surface area contributed by atoms with Gasteiger partial charge in [0, 0.05) is 15.6 Å². The second kappa shape index (κ2) is 5.40. The van der Waals surface area contributed by atoms with Gasteiger partial charge in [0.15, 0.2) is 5.13 Å². The van der Waals surface area contributed by atoms with Gasteiger partial charge in [-0.3, -0.25) is 10.1 Å². The highest BCUT2D eigenvalue weighted by Gasteiger charge is 2.10. The van der Waals surface area contributed by atoms with Crippen LogP contribution in [0, 0.1) is 0 Å². The maximum absolute atomic E-state index is 12.1. The lowest BCUT2D eigenvalue weighted by molar-refractivity contribution is 0.102. The number of carbonyl (C=O) groups excluding carboxylic acids is 1. The number of benzene rings is 2. The summed E-state index contributed by atoms with van der Waals surface area (Å²) in [5, 5.41) is 4.46. The molecule has 0 radical (unpaired) electrons. The smallest absolute Gasteiger partial charge is 0.257 e. The first-order valence-electron chi connectivity index (χ1n) is 5.75. The summed E-state index contributed by atoms with van der Waals surface area (Å²) in [7, 11) is 0. The average molecular weight is 323 g/mol. The summed E-state index contributed by atoms with van der Waals surface area (Å²) < 4.78 is 0.930. The van der Waals surface area contributed by atoms with Gasteiger partial charge >= 0.3 is 0 Å². The summed E-state index contributed by atoms with van der Waals surface area (Å²) >= 11 is 13.2. The molecular weight excluding hydrogens is 315 g/mol. The number of nitrogens with zero attached hydrogens (tertiary/aromatic N) is 1. The van der Waals surface area contributed by atoms with Crippen molar-refractivity contribution in [1.29, 1.82) is 0 Å². The van der Waals surface area contributed by atoms with Gasteiger partial charge in [0.25, 0.3) is 5.91 Å². The standard InChI is InChI=1S/C14H8Cl2N2OS/c15-9-3-1-2-8(6-9)13(19)18-14-17-11-5-4-10(16)7-12(11)20-14/h1-7H,(H,17,18,19). The van der Waals surface area contributed by atoms with Crippen molar-refractivity contribution in [2.24, 2.45) is 0 Å². The van der Waals surface area contributed by atoms with Gasteiger partial charge < -0.3 is 0 Å². The van der Waals surface area contributed by atoms with Crippen LogP contribution in [0.15, 0.2) is 42.5 Å². The molecule has 0 fully saturated rings. The molecule has 0 aliphatic carbocycles. The van der Waals surface area contributed by atoms with E-state index in [-0.39, 0.29) is 5.91 Å². The lowest BCUT2D eigenvalue weighted by Crippen LogP contribution is -2.11. The van der Waals surface area contributed by atoms with Gasteiger partial charge in [-0.25, -0.2) is 4.98 Å². The van der Waals surface area contributed by atoms with E-state index < -0.39 is 0 Å². The SMILES string of the molecule is O=C(Nc1nc2ccc(Cl)cc2s1)c1cccc(Cl)c1. The number of carbonyl (C=O) groups is 1. The van der Waals surface area contributed by atoms with Crippen molar-refractivity contribution in [3.8, 4) is 0 Å². The molecule has 1 N–H and O–H groups in total. The zero-order valence-electron chi connectivity index (χ0n) is 10.1. The number of fused-ring (bicyclic) bond motifs is 1. The number of thiazole rings is 1. The second-order valence-corrected chi connectivity index (χ2v) is 6.00. The van der Waals surface area contributed by atoms with Crippen LogP contribution < -0.4 is 5.32 Å². The highest BCUT2D eigenvalue weighted by molar-refractivity contribution is 7.22. The van der Waals surface area contributed by atoms with Crippen molar-refractivity contribution < 1.29 is 4.79 Å². The van der Waals surface area contributed by atoms with Crippen LogP contribution in [0.2, 0.25) is 10.0 Å². The Hall–Kier alpha value is -1.62. The Labute approximate surface area is 129 Å². The maximum Gasteiger partial charge on any atom is 0.257 e. The van der Waals surface area contributed by atoms with Crippen LogP contribution in [0.1, 0.15) is 10.4 Å². The van der Waals surface area contributed by atoms with E-state index >= 15 is 0 Å². The van der Waals surface area contributed by atoms with Gasteiger partial charge in [-0.1, -0.05) is 40.6 Å². The van der Waals surface area contributed by atoms with E-state index in [4.69, 9.17) is 23.2 Å². The van der Waals surface area contributed by atoms with Crippen molar-refractivity contribution in [1.82, 2.24) is 4.98 Å². The largest absolute Gasteiger partial charge is 0.298 e. The lowest BCUT2D eigenvalue weighted by Gasteiger charge is -2.01. The molecule has 0 aliphatic rings. The van der Waals surface area contributed by atoms with Gasteiger partial charge in [0.1, 0.15) is 0 Å². The van der Waals surface area contributed by atoms with Crippen LogP contribution in [-0.2, 0) is 0 Å². The quantitative estimate of drug-likeness (QED) is 0.732. The molecule has 0 spiro atoms. The molecule has 2 aromatic carbocycles. The zero-order valence-corrected chi connectivity index (χ0v) is 12.4. The minimum atomic E-state index is -0.238. The number of hydrogen-bond donors (Lipinski definition) is 1. The van der Waals surface area contributed by atoms with Crippen molar-refractivity contribution >= 4 is 55.8 Å². The van der Waals surface area contributed by atoms with Gasteiger partial charge in [0.05, 0.1) is 10.2 Å². The molecule has 0 saturated carbocycles. The number of rotatable bonds is 2. The Balaban J connectivity index is 1.87. The van der Waals surface area contributed by atoms with E-state index in [1.165, 1.54) is 11.3 Å². The Morgan fingerprint density at radius 1 is 1.10 bits per heavy atom. The third kappa shape index (κ3) is 2.77. The average Bonchev–Trinajstić information content (AvgIpc) is 2.80. The van der Waals surface area contributed by atoms with Gasteiger partial charge in [-0.05, 0) is 36.4 Å². The molecule has 6 heteroatoms. The van der Waals surface area contributed by atoms with E-state index in [1.807, 2.05) is 12.1 Å². The molecule has 0 atom stereocenters. The molecule has 0 bridgehead atoms. The molecule has 100 valence electrons. The number of halogens is 2. The van der Waals surface area contributed by atoms with Gasteiger partial charge in [-0.15, -0.1) is 0 Å². The third-order valence-corrected chi connectivity index (χ3v) is 4.06. The van der Waals surface area contributed by atoms with E-state index in [1.54, 1.807) is 30.3 Å². The minimum absolute atomic E-state index is 0.238. The van der Waals surface area contributed by atoms with Crippen molar-refractivity contribution in [3.63, 3.8) is 0 Å². The Kier molecular flexibility index (Phi) is 3.61. The minimum Gasteiger partial charge on any atom is -0.298 e. The molecule has 1 heterocycles. The molecule has 0 aliphatic heterocycles. The molecule has 1 aromatic heterocycles. The Morgan fingerprint density at radius 3 is 2.70 bits per heavy atom. The zero-order chi connectivity index (χ0) is 14.1. The van der Waals surface area contributed by atoms with Crippen LogP contribution in [-0.4, -0.2) is 10.9 Å². The van der Waals surface area contributed by atoms with E-state index in [0.717, 1.165) is 10.2 Å². The van der Waals surface area contributed by atoms with Crippen molar-refractivity contribution in [3.05, 3.63) is 58.1 Å². The summed E-state index contributed by atoms with van der Waals surface area (Å²) in [5.74, 6) is -0.238. The maximum atomic E-state index is 12.1. The van der Waals surface area contributed by atoms with Crippen molar-refractivity contribution in [2.45, 2.75) is 0 Å². The Morgan fingerprint density at radius 2 is 1.90 bits per heavy atom. The molecule has 1 amide bonds. The molecular formula is C14H8Cl2N2OS. The molecule has 3 nitrogen and oxygen atoms in total. The fourth-order valence-corrected chi connectivity index (χ4v) is 3.08. The predicted octanol–water partition coefficient (Wildman–Crippen LogP) is 4.86. The monoisotopic (exact) mass is 322 g/mol. The van der Waals surface area contributed by atoms with Crippen LogP contribution in [0.5, 0.6) is 0 Å². The van der Waals surface area contributed by atoms with E-state index in [0.29, 0.717) is 20.7 Å². The van der Waals surface area contributed by atoms with Crippen LogP contribution in [0.25, 0.3) is 10.2 Å². The van der Waals surface area contributed by atoms with E-state index in [9.17, 15) is 4.79 Å². The fraction of sp³-hybridized carbons (Fsp3) is 0. The number of nitrogens with one attached hydrogen (secondary N) is 1. The first-order chi connectivity index (χ1) is 9.61. The summed E-state index contributed by atoms with van der Waals surface area (Å²) in [6, 6.07) is 12.2. The predicted molar refractivity (Wildman–Crippen MR) is 84.0 cm³/mol. The number of aromatic nitrogens is 1. The van der Waals surface area contributed by atoms with Crippen LogP contribution in [0.4, 0.5) is 5.13 Å². The van der Waals surface area contributed by atoms with Crippen molar-refractivity contribution in [2.75, 3.05) is 5.32 Å². The molecule has 0 saturated heterocycles. The first-order valence-corrected chi connectivity index (χ1v) is 7.32. The highest BCUT2D eigenvalue weighted by Crippen LogP contribution is 2.28. The van der Waals surface area contributed by atoms with Crippen LogP contribution in [0.3, 0.4) is 0 Å². The van der Waals surface area contributed by atoms with E-state index in [2.05, 4.69) is 10.3 Å². The summed E-state index contributed by atoms with van der Waals surface area (Å²) in [6.07, 6.45) is 0. The Bertz CT molecular complexity index is 801. The summed E-state index contributed by atoms with van der Waals surface area (Å²) in [5.41, 5.74) is 1.30. The van der Waals surface area contributed by atoms with Crippen LogP contribution >= 0.6 is 34.5 Å². The first kappa shape index (κ1) is 13.4. The number of amides is 1. The second-order valence-electron chi connectivity index (χ2n) is 4.10. The lowest BCUT2D eigenvalue weighted by atomic mass is 10.2. The topological polar surface area (TPSA) is 42.0 Å². The van der Waals surface area contributed by atoms with Gasteiger partial charge in [0.2, 0.25) is 0 Å².